The first kappa shape index (κ1) is 10.6. The summed E-state index contributed by atoms with van der Waals surface area (Å²) < 4.78 is 5.04. The number of rotatable bonds is 3. The Hall–Kier alpha value is -1.53. The van der Waals surface area contributed by atoms with E-state index < -0.39 is 0 Å². The highest BCUT2D eigenvalue weighted by atomic mass is 16.5. The van der Waals surface area contributed by atoms with Gasteiger partial charge in [0.25, 0.3) is 0 Å². The van der Waals surface area contributed by atoms with Crippen molar-refractivity contribution < 1.29 is 4.74 Å². The molecule has 0 aliphatic heterocycles. The molecule has 14 heavy (non-hydrogen) atoms. The summed E-state index contributed by atoms with van der Waals surface area (Å²) in [5.74, 6) is 0. The Bertz CT molecular complexity index is 353. The molecule has 1 aromatic rings. The SMILES string of the molecule is COCc1cc(N(C)C)ccc1C#N. The van der Waals surface area contributed by atoms with E-state index in [4.69, 9.17) is 10.00 Å². The summed E-state index contributed by atoms with van der Waals surface area (Å²) in [4.78, 5) is 2.00. The average Bonchev–Trinajstić information content (AvgIpc) is 2.18. The van der Waals surface area contributed by atoms with Crippen LogP contribution in [0.3, 0.4) is 0 Å². The molecule has 0 bridgehead atoms. The number of hydrogen-bond acceptors (Lipinski definition) is 3. The second-order valence-electron chi connectivity index (χ2n) is 3.28. The van der Waals surface area contributed by atoms with Crippen LogP contribution in [0.15, 0.2) is 18.2 Å². The van der Waals surface area contributed by atoms with Gasteiger partial charge in [0.1, 0.15) is 0 Å². The Morgan fingerprint density at radius 2 is 2.14 bits per heavy atom. The minimum atomic E-state index is 0.477. The summed E-state index contributed by atoms with van der Waals surface area (Å²) in [5, 5.41) is 8.86. The van der Waals surface area contributed by atoms with Crippen LogP contribution in [-0.4, -0.2) is 21.2 Å². The Morgan fingerprint density at radius 1 is 1.43 bits per heavy atom. The molecule has 0 atom stereocenters. The summed E-state index contributed by atoms with van der Waals surface area (Å²) in [6.45, 7) is 0.477. The maximum Gasteiger partial charge on any atom is 0.0995 e. The van der Waals surface area contributed by atoms with E-state index in [1.165, 1.54) is 0 Å². The van der Waals surface area contributed by atoms with Crippen LogP contribution in [0.4, 0.5) is 5.69 Å². The van der Waals surface area contributed by atoms with Crippen molar-refractivity contribution in [1.29, 1.82) is 5.26 Å². The molecule has 0 aromatic heterocycles. The predicted molar refractivity (Wildman–Crippen MR) is 56.2 cm³/mol. The first-order valence-electron chi connectivity index (χ1n) is 4.38. The highest BCUT2D eigenvalue weighted by Crippen LogP contribution is 2.18. The zero-order valence-corrected chi connectivity index (χ0v) is 8.74. The number of anilines is 1. The Morgan fingerprint density at radius 3 is 2.64 bits per heavy atom. The molecule has 0 aliphatic rings. The van der Waals surface area contributed by atoms with Gasteiger partial charge in [-0.2, -0.15) is 5.26 Å². The number of hydrogen-bond donors (Lipinski definition) is 0. The van der Waals surface area contributed by atoms with E-state index in [0.29, 0.717) is 12.2 Å². The molecule has 74 valence electrons. The van der Waals surface area contributed by atoms with Crippen molar-refractivity contribution in [3.05, 3.63) is 29.3 Å². The van der Waals surface area contributed by atoms with Crippen molar-refractivity contribution >= 4 is 5.69 Å². The van der Waals surface area contributed by atoms with E-state index in [2.05, 4.69) is 6.07 Å². The van der Waals surface area contributed by atoms with E-state index in [0.717, 1.165) is 11.3 Å². The average molecular weight is 190 g/mol. The minimum absolute atomic E-state index is 0.477. The first-order chi connectivity index (χ1) is 6.69. The summed E-state index contributed by atoms with van der Waals surface area (Å²) in [7, 11) is 5.57. The van der Waals surface area contributed by atoms with Crippen LogP contribution < -0.4 is 4.90 Å². The van der Waals surface area contributed by atoms with Gasteiger partial charge in [0.05, 0.1) is 18.2 Å². The van der Waals surface area contributed by atoms with Gasteiger partial charge < -0.3 is 9.64 Å². The predicted octanol–water partition coefficient (Wildman–Crippen LogP) is 1.77. The topological polar surface area (TPSA) is 36.3 Å². The third-order valence-corrected chi connectivity index (χ3v) is 2.03. The van der Waals surface area contributed by atoms with Crippen molar-refractivity contribution in [3.63, 3.8) is 0 Å². The van der Waals surface area contributed by atoms with E-state index >= 15 is 0 Å². The zero-order valence-electron chi connectivity index (χ0n) is 8.74. The molecule has 0 fully saturated rings. The molecule has 1 aromatic carbocycles. The number of ether oxygens (including phenoxy) is 1. The van der Waals surface area contributed by atoms with Crippen molar-refractivity contribution in [2.75, 3.05) is 26.1 Å². The highest BCUT2D eigenvalue weighted by Gasteiger charge is 2.04. The molecule has 0 radical (unpaired) electrons. The van der Waals surface area contributed by atoms with Gasteiger partial charge >= 0.3 is 0 Å². The fourth-order valence-electron chi connectivity index (χ4n) is 1.24. The van der Waals surface area contributed by atoms with Gasteiger partial charge in [-0.05, 0) is 23.8 Å². The largest absolute Gasteiger partial charge is 0.380 e. The summed E-state index contributed by atoms with van der Waals surface area (Å²) in [6, 6.07) is 7.87. The maximum absolute atomic E-state index is 8.86. The monoisotopic (exact) mass is 190 g/mol. The van der Waals surface area contributed by atoms with Gasteiger partial charge in [-0.3, -0.25) is 0 Å². The standard InChI is InChI=1S/C11H14N2O/c1-13(2)11-5-4-9(7-12)10(6-11)8-14-3/h4-6H,8H2,1-3H3. The van der Waals surface area contributed by atoms with Crippen LogP contribution in [0.2, 0.25) is 0 Å². The van der Waals surface area contributed by atoms with Crippen molar-refractivity contribution in [2.24, 2.45) is 0 Å². The Labute approximate surface area is 84.5 Å². The third kappa shape index (κ3) is 2.24. The minimum Gasteiger partial charge on any atom is -0.380 e. The molecule has 0 aliphatic carbocycles. The molecule has 0 saturated carbocycles. The molecule has 0 unspecified atom stereocenters. The number of methoxy groups -OCH3 is 1. The fraction of sp³-hybridized carbons (Fsp3) is 0.364. The van der Waals surface area contributed by atoms with Crippen molar-refractivity contribution in [1.82, 2.24) is 0 Å². The molecule has 3 heteroatoms. The summed E-state index contributed by atoms with van der Waals surface area (Å²) in [6.07, 6.45) is 0. The molecular weight excluding hydrogens is 176 g/mol. The maximum atomic E-state index is 8.86. The lowest BCUT2D eigenvalue weighted by atomic mass is 10.1. The van der Waals surface area contributed by atoms with Crippen LogP contribution in [0.1, 0.15) is 11.1 Å². The third-order valence-electron chi connectivity index (χ3n) is 2.03. The Kier molecular flexibility index (Phi) is 3.49. The number of nitrogens with zero attached hydrogens (tertiary/aromatic N) is 2. The second-order valence-corrected chi connectivity index (χ2v) is 3.28. The van der Waals surface area contributed by atoms with Crippen molar-refractivity contribution in [2.45, 2.75) is 6.61 Å². The molecule has 0 heterocycles. The van der Waals surface area contributed by atoms with Crippen LogP contribution in [0.25, 0.3) is 0 Å². The van der Waals surface area contributed by atoms with Crippen LogP contribution >= 0.6 is 0 Å². The Balaban J connectivity index is 3.09. The molecule has 1 rings (SSSR count). The van der Waals surface area contributed by atoms with E-state index in [1.807, 2.05) is 37.2 Å². The smallest absolute Gasteiger partial charge is 0.0995 e. The van der Waals surface area contributed by atoms with Crippen LogP contribution in [0.5, 0.6) is 0 Å². The summed E-state index contributed by atoms with van der Waals surface area (Å²) >= 11 is 0. The van der Waals surface area contributed by atoms with Gasteiger partial charge in [0.15, 0.2) is 0 Å². The molecule has 0 N–H and O–H groups in total. The van der Waals surface area contributed by atoms with Gasteiger partial charge in [0.2, 0.25) is 0 Å². The van der Waals surface area contributed by atoms with Crippen LogP contribution in [-0.2, 0) is 11.3 Å². The van der Waals surface area contributed by atoms with E-state index in [1.54, 1.807) is 7.11 Å². The van der Waals surface area contributed by atoms with Crippen molar-refractivity contribution in [3.8, 4) is 6.07 Å². The van der Waals surface area contributed by atoms with E-state index in [9.17, 15) is 0 Å². The highest BCUT2D eigenvalue weighted by molar-refractivity contribution is 5.52. The van der Waals surface area contributed by atoms with Gasteiger partial charge in [-0.25, -0.2) is 0 Å². The normalized spacial score (nSPS) is 9.57. The number of nitriles is 1. The molecule has 0 saturated heterocycles. The summed E-state index contributed by atoms with van der Waals surface area (Å²) in [5.41, 5.74) is 2.69. The zero-order chi connectivity index (χ0) is 10.6. The number of benzene rings is 1. The second kappa shape index (κ2) is 4.64. The molecule has 3 nitrogen and oxygen atoms in total. The molecule has 0 amide bonds. The van der Waals surface area contributed by atoms with Crippen LogP contribution in [0, 0.1) is 11.3 Å². The molecule has 0 spiro atoms. The lowest BCUT2D eigenvalue weighted by Crippen LogP contribution is -2.09. The fourth-order valence-corrected chi connectivity index (χ4v) is 1.24. The van der Waals surface area contributed by atoms with E-state index in [-0.39, 0.29) is 0 Å². The van der Waals surface area contributed by atoms with Gasteiger partial charge in [-0.15, -0.1) is 0 Å². The lowest BCUT2D eigenvalue weighted by molar-refractivity contribution is 0.184. The lowest BCUT2D eigenvalue weighted by Gasteiger charge is -2.14. The quantitative estimate of drug-likeness (QED) is 0.728. The van der Waals surface area contributed by atoms with Gasteiger partial charge in [-0.1, -0.05) is 0 Å². The first-order valence-corrected chi connectivity index (χ1v) is 4.38. The van der Waals surface area contributed by atoms with Gasteiger partial charge in [0, 0.05) is 26.9 Å². The molecular formula is C11H14N2O.